The molecule has 0 atom stereocenters. The van der Waals surface area contributed by atoms with Gasteiger partial charge in [0.15, 0.2) is 5.16 Å². The molecule has 0 spiro atoms. The number of imidazole rings is 1. The number of thioether (sulfide) groups is 1. The fraction of sp³-hybridized carbons (Fsp3) is 0.292. The number of carbonyl (C=O) groups is 2. The largest absolute Gasteiger partial charge is 0.390 e. The summed E-state index contributed by atoms with van der Waals surface area (Å²) >= 11 is 1.23. The third-order valence-electron chi connectivity index (χ3n) is 4.81. The van der Waals surface area contributed by atoms with Crippen LogP contribution < -0.4 is 10.6 Å². The summed E-state index contributed by atoms with van der Waals surface area (Å²) in [5.74, 6) is -0.219. The van der Waals surface area contributed by atoms with E-state index in [2.05, 4.69) is 15.6 Å². The van der Waals surface area contributed by atoms with Crippen molar-refractivity contribution in [3.05, 3.63) is 76.6 Å². The van der Waals surface area contributed by atoms with Crippen molar-refractivity contribution < 1.29 is 14.7 Å². The number of hydrogen-bond acceptors (Lipinski definition) is 5. The van der Waals surface area contributed by atoms with Crippen LogP contribution in [0.1, 0.15) is 27.9 Å². The van der Waals surface area contributed by atoms with E-state index in [-0.39, 0.29) is 30.7 Å². The number of aryl methyl sites for hydroxylation is 3. The monoisotopic (exact) mass is 452 g/mol. The van der Waals surface area contributed by atoms with Crippen LogP contribution in [0.5, 0.6) is 0 Å². The van der Waals surface area contributed by atoms with Crippen molar-refractivity contribution in [2.75, 3.05) is 11.1 Å². The van der Waals surface area contributed by atoms with Gasteiger partial charge in [0.25, 0.3) is 0 Å². The van der Waals surface area contributed by atoms with Crippen LogP contribution in [-0.4, -0.2) is 32.2 Å². The van der Waals surface area contributed by atoms with E-state index >= 15 is 0 Å². The first-order valence-corrected chi connectivity index (χ1v) is 11.3. The minimum atomic E-state index is -0.242. The summed E-state index contributed by atoms with van der Waals surface area (Å²) < 4.78 is 1.64. The molecule has 3 N–H and O–H groups in total. The van der Waals surface area contributed by atoms with Gasteiger partial charge in [-0.15, -0.1) is 0 Å². The predicted molar refractivity (Wildman–Crippen MR) is 126 cm³/mol. The van der Waals surface area contributed by atoms with Gasteiger partial charge in [-0.2, -0.15) is 0 Å². The number of aromatic nitrogens is 2. The van der Waals surface area contributed by atoms with Crippen LogP contribution in [0.15, 0.2) is 53.8 Å². The van der Waals surface area contributed by atoms with Gasteiger partial charge in [-0.1, -0.05) is 47.7 Å². The van der Waals surface area contributed by atoms with Gasteiger partial charge in [-0.05, 0) is 49.6 Å². The minimum absolute atomic E-state index is 0.0166. The SMILES string of the molecule is Cc1ccc(CNC(=O)Cn2c(CO)cnc2SCC(=O)Nc2cc(C)cc(C)c2)cc1. The van der Waals surface area contributed by atoms with E-state index in [0.29, 0.717) is 17.4 Å². The van der Waals surface area contributed by atoms with Gasteiger partial charge in [0.2, 0.25) is 11.8 Å². The maximum absolute atomic E-state index is 12.5. The Morgan fingerprint density at radius 2 is 1.69 bits per heavy atom. The Morgan fingerprint density at radius 3 is 2.34 bits per heavy atom. The molecule has 168 valence electrons. The Kier molecular flexibility index (Phi) is 8.08. The maximum atomic E-state index is 12.5. The average Bonchev–Trinajstić information content (AvgIpc) is 3.12. The van der Waals surface area contributed by atoms with E-state index < -0.39 is 0 Å². The molecule has 0 fully saturated rings. The number of nitrogens with zero attached hydrogens (tertiary/aromatic N) is 2. The number of rotatable bonds is 9. The topological polar surface area (TPSA) is 96.2 Å². The lowest BCUT2D eigenvalue weighted by atomic mass is 10.1. The van der Waals surface area contributed by atoms with Crippen molar-refractivity contribution in [2.24, 2.45) is 0 Å². The molecule has 8 heteroatoms. The normalized spacial score (nSPS) is 10.8. The van der Waals surface area contributed by atoms with Gasteiger partial charge in [0.1, 0.15) is 6.54 Å². The fourth-order valence-electron chi connectivity index (χ4n) is 3.28. The lowest BCUT2D eigenvalue weighted by molar-refractivity contribution is -0.122. The highest BCUT2D eigenvalue weighted by molar-refractivity contribution is 7.99. The lowest BCUT2D eigenvalue weighted by Crippen LogP contribution is -2.28. The Hall–Kier alpha value is -3.10. The second-order valence-electron chi connectivity index (χ2n) is 7.75. The highest BCUT2D eigenvalue weighted by Crippen LogP contribution is 2.20. The second kappa shape index (κ2) is 11.0. The molecule has 2 amide bonds. The molecule has 1 aromatic heterocycles. The Labute approximate surface area is 192 Å². The third-order valence-corrected chi connectivity index (χ3v) is 5.80. The molecule has 2 aromatic carbocycles. The van der Waals surface area contributed by atoms with E-state index in [1.54, 1.807) is 4.57 Å². The van der Waals surface area contributed by atoms with Crippen molar-refractivity contribution in [3.8, 4) is 0 Å². The summed E-state index contributed by atoms with van der Waals surface area (Å²) in [5.41, 5.74) is 5.60. The summed E-state index contributed by atoms with van der Waals surface area (Å²) in [7, 11) is 0. The van der Waals surface area contributed by atoms with Gasteiger partial charge in [-0.3, -0.25) is 9.59 Å². The number of carbonyl (C=O) groups excluding carboxylic acids is 2. The fourth-order valence-corrected chi connectivity index (χ4v) is 4.08. The first kappa shape index (κ1) is 23.6. The first-order valence-electron chi connectivity index (χ1n) is 10.3. The number of hydrogen-bond donors (Lipinski definition) is 3. The first-order chi connectivity index (χ1) is 15.3. The quantitative estimate of drug-likeness (QED) is 0.433. The zero-order valence-electron chi connectivity index (χ0n) is 18.5. The van der Waals surface area contributed by atoms with Crippen molar-refractivity contribution in [3.63, 3.8) is 0 Å². The molecule has 0 saturated carbocycles. The summed E-state index contributed by atoms with van der Waals surface area (Å²) in [6.07, 6.45) is 1.53. The summed E-state index contributed by atoms with van der Waals surface area (Å²) in [4.78, 5) is 29.2. The number of aliphatic hydroxyl groups is 1. The van der Waals surface area contributed by atoms with Crippen LogP contribution >= 0.6 is 11.8 Å². The van der Waals surface area contributed by atoms with Crippen molar-refractivity contribution in [2.45, 2.75) is 45.6 Å². The summed E-state index contributed by atoms with van der Waals surface area (Å²) in [6.45, 7) is 6.17. The van der Waals surface area contributed by atoms with Crippen molar-refractivity contribution >= 4 is 29.3 Å². The number of nitrogens with one attached hydrogen (secondary N) is 2. The van der Waals surface area contributed by atoms with E-state index in [1.165, 1.54) is 18.0 Å². The summed E-state index contributed by atoms with van der Waals surface area (Å²) in [6, 6.07) is 13.8. The molecule has 3 rings (SSSR count). The van der Waals surface area contributed by atoms with E-state index in [1.807, 2.05) is 63.2 Å². The summed E-state index contributed by atoms with van der Waals surface area (Å²) in [5, 5.41) is 15.9. The minimum Gasteiger partial charge on any atom is -0.390 e. The van der Waals surface area contributed by atoms with Crippen LogP contribution in [0.2, 0.25) is 0 Å². The Morgan fingerprint density at radius 1 is 1.00 bits per heavy atom. The van der Waals surface area contributed by atoms with Crippen molar-refractivity contribution in [1.82, 2.24) is 14.9 Å². The number of anilines is 1. The molecule has 0 radical (unpaired) electrons. The number of aliphatic hydroxyl groups excluding tert-OH is 1. The zero-order chi connectivity index (χ0) is 23.1. The molecule has 0 aliphatic rings. The molecule has 32 heavy (non-hydrogen) atoms. The van der Waals surface area contributed by atoms with Gasteiger partial charge < -0.3 is 20.3 Å². The second-order valence-corrected chi connectivity index (χ2v) is 8.69. The molecular weight excluding hydrogens is 424 g/mol. The number of amides is 2. The molecule has 7 nitrogen and oxygen atoms in total. The van der Waals surface area contributed by atoms with Gasteiger partial charge in [0.05, 0.1) is 24.3 Å². The predicted octanol–water partition coefficient (Wildman–Crippen LogP) is 3.35. The molecule has 0 saturated heterocycles. The van der Waals surface area contributed by atoms with Gasteiger partial charge in [0, 0.05) is 12.2 Å². The van der Waals surface area contributed by atoms with Crippen LogP contribution in [0, 0.1) is 20.8 Å². The highest BCUT2D eigenvalue weighted by atomic mass is 32.2. The average molecular weight is 453 g/mol. The Bertz CT molecular complexity index is 1070. The van der Waals surface area contributed by atoms with E-state index in [0.717, 1.165) is 27.9 Å². The molecule has 0 aliphatic carbocycles. The molecule has 1 heterocycles. The zero-order valence-corrected chi connectivity index (χ0v) is 19.3. The van der Waals surface area contributed by atoms with Crippen LogP contribution in [0.25, 0.3) is 0 Å². The highest BCUT2D eigenvalue weighted by Gasteiger charge is 2.15. The lowest BCUT2D eigenvalue weighted by Gasteiger charge is -2.12. The van der Waals surface area contributed by atoms with Gasteiger partial charge >= 0.3 is 0 Å². The molecule has 3 aromatic rings. The van der Waals surface area contributed by atoms with Crippen LogP contribution in [-0.2, 0) is 29.3 Å². The van der Waals surface area contributed by atoms with Crippen LogP contribution in [0.3, 0.4) is 0 Å². The molecule has 0 bridgehead atoms. The van der Waals surface area contributed by atoms with Crippen LogP contribution in [0.4, 0.5) is 5.69 Å². The molecule has 0 aliphatic heterocycles. The third kappa shape index (κ3) is 6.70. The Balaban J connectivity index is 1.58. The molecule has 0 unspecified atom stereocenters. The number of benzene rings is 2. The molecular formula is C24H28N4O3S. The van der Waals surface area contributed by atoms with Gasteiger partial charge in [-0.25, -0.2) is 4.98 Å². The smallest absolute Gasteiger partial charge is 0.240 e. The van der Waals surface area contributed by atoms with E-state index in [4.69, 9.17) is 0 Å². The van der Waals surface area contributed by atoms with E-state index in [9.17, 15) is 14.7 Å². The van der Waals surface area contributed by atoms with Crippen molar-refractivity contribution in [1.29, 1.82) is 0 Å². The maximum Gasteiger partial charge on any atom is 0.240 e. The standard InChI is InChI=1S/C24H28N4O3S/c1-16-4-6-19(7-5-16)11-25-22(30)13-28-21(14-29)12-26-24(28)32-15-23(31)27-20-9-17(2)8-18(3)10-20/h4-10,12,29H,11,13-15H2,1-3H3,(H,25,30)(H,27,31).